The fourth-order valence-electron chi connectivity index (χ4n) is 1.62. The van der Waals surface area contributed by atoms with Crippen LogP contribution in [0.5, 0.6) is 5.75 Å². The maximum atomic E-state index is 10.2. The summed E-state index contributed by atoms with van der Waals surface area (Å²) in [5.74, 6) is 1.75. The molecule has 1 heterocycles. The Morgan fingerprint density at radius 1 is 1.28 bits per heavy atom. The molecule has 0 fully saturated rings. The van der Waals surface area contributed by atoms with Crippen molar-refractivity contribution in [1.29, 1.82) is 0 Å². The lowest BCUT2D eigenvalue weighted by Gasteiger charge is -2.26. The van der Waals surface area contributed by atoms with Crippen LogP contribution in [0.2, 0.25) is 0 Å². The first-order chi connectivity index (χ1) is 8.60. The molecule has 0 bridgehead atoms. The molecule has 0 radical (unpaired) electrons. The van der Waals surface area contributed by atoms with E-state index in [0.717, 1.165) is 0 Å². The average Bonchev–Trinajstić information content (AvgIpc) is 2.44. The van der Waals surface area contributed by atoms with Crippen molar-refractivity contribution in [2.75, 3.05) is 31.3 Å². The molecule has 1 aromatic rings. The Kier molecular flexibility index (Phi) is 5.15. The van der Waals surface area contributed by atoms with E-state index >= 15 is 0 Å². The molecule has 0 atom stereocenters. The van der Waals surface area contributed by atoms with Gasteiger partial charge in [0.15, 0.2) is 11.6 Å². The van der Waals surface area contributed by atoms with Gasteiger partial charge >= 0.3 is 0 Å². The molecule has 102 valence electrons. The Balaban J connectivity index is 2.84. The first-order valence-corrected chi connectivity index (χ1v) is 6.13. The van der Waals surface area contributed by atoms with Crippen molar-refractivity contribution >= 4 is 11.6 Å². The Bertz CT molecular complexity index is 380. The minimum atomic E-state index is -0.726. The van der Waals surface area contributed by atoms with Gasteiger partial charge in [0.1, 0.15) is 6.33 Å². The zero-order valence-electron chi connectivity index (χ0n) is 11.4. The number of methoxy groups -OCH3 is 1. The summed E-state index contributed by atoms with van der Waals surface area (Å²) in [7, 11) is 3.33. The van der Waals surface area contributed by atoms with Crippen molar-refractivity contribution in [2.24, 2.45) is 0 Å². The van der Waals surface area contributed by atoms with Gasteiger partial charge in [-0.05, 0) is 12.8 Å². The van der Waals surface area contributed by atoms with Crippen molar-refractivity contribution in [3.8, 4) is 5.75 Å². The van der Waals surface area contributed by atoms with Gasteiger partial charge in [-0.1, -0.05) is 13.8 Å². The normalized spacial score (nSPS) is 11.2. The monoisotopic (exact) mass is 254 g/mol. The summed E-state index contributed by atoms with van der Waals surface area (Å²) < 4.78 is 5.27. The minimum Gasteiger partial charge on any atom is -0.490 e. The molecule has 1 rings (SSSR count). The van der Waals surface area contributed by atoms with Crippen LogP contribution in [0.3, 0.4) is 0 Å². The maximum absolute atomic E-state index is 10.2. The van der Waals surface area contributed by atoms with Crippen LogP contribution in [0.25, 0.3) is 0 Å². The first-order valence-electron chi connectivity index (χ1n) is 6.13. The lowest BCUT2D eigenvalue weighted by Crippen LogP contribution is -2.35. The van der Waals surface area contributed by atoms with E-state index < -0.39 is 5.60 Å². The molecule has 0 saturated carbocycles. The van der Waals surface area contributed by atoms with Crippen LogP contribution >= 0.6 is 0 Å². The predicted octanol–water partition coefficient (Wildman–Crippen LogP) is 1.49. The molecule has 0 aliphatic heterocycles. The number of aliphatic hydroxyl groups is 1. The summed E-state index contributed by atoms with van der Waals surface area (Å²) in [6.45, 7) is 4.35. The van der Waals surface area contributed by atoms with E-state index in [-0.39, 0.29) is 0 Å². The third kappa shape index (κ3) is 3.22. The molecule has 0 aromatic carbocycles. The van der Waals surface area contributed by atoms with Gasteiger partial charge in [0.25, 0.3) is 0 Å². The number of hydrogen-bond acceptors (Lipinski definition) is 6. The van der Waals surface area contributed by atoms with E-state index in [1.165, 1.54) is 6.33 Å². The van der Waals surface area contributed by atoms with Gasteiger partial charge in [0, 0.05) is 13.6 Å². The molecular weight excluding hydrogens is 232 g/mol. The average molecular weight is 254 g/mol. The van der Waals surface area contributed by atoms with Crippen molar-refractivity contribution in [3.05, 3.63) is 6.33 Å². The number of hydrogen-bond donors (Lipinski definition) is 3. The molecule has 0 saturated heterocycles. The van der Waals surface area contributed by atoms with E-state index in [1.54, 1.807) is 14.2 Å². The molecule has 6 nitrogen and oxygen atoms in total. The number of ether oxygens (including phenoxy) is 1. The van der Waals surface area contributed by atoms with Gasteiger partial charge in [0.05, 0.1) is 12.7 Å². The highest BCUT2D eigenvalue weighted by molar-refractivity contribution is 5.63. The fourth-order valence-corrected chi connectivity index (χ4v) is 1.62. The van der Waals surface area contributed by atoms with Crippen molar-refractivity contribution in [2.45, 2.75) is 32.3 Å². The largest absolute Gasteiger partial charge is 0.490 e. The molecule has 0 aliphatic rings. The maximum Gasteiger partial charge on any atom is 0.204 e. The highest BCUT2D eigenvalue weighted by atomic mass is 16.5. The number of rotatable bonds is 7. The second-order valence-corrected chi connectivity index (χ2v) is 4.14. The molecule has 0 unspecified atom stereocenters. The Morgan fingerprint density at radius 3 is 2.39 bits per heavy atom. The van der Waals surface area contributed by atoms with Crippen LogP contribution in [0.15, 0.2) is 6.33 Å². The van der Waals surface area contributed by atoms with Gasteiger partial charge in [-0.2, -0.15) is 0 Å². The molecule has 6 heteroatoms. The number of aromatic nitrogens is 2. The summed E-state index contributed by atoms with van der Waals surface area (Å²) in [4.78, 5) is 8.20. The van der Waals surface area contributed by atoms with E-state index in [2.05, 4.69) is 20.6 Å². The van der Waals surface area contributed by atoms with Crippen molar-refractivity contribution in [1.82, 2.24) is 9.97 Å². The standard InChI is InChI=1S/C12H22N4O2/c1-5-12(17,6-2)7-14-11-9(18-4)10(13-3)15-8-16-11/h8,17H,5-7H2,1-4H3,(H2,13,14,15,16). The molecule has 1 aromatic heterocycles. The molecular formula is C12H22N4O2. The van der Waals surface area contributed by atoms with Crippen LogP contribution in [-0.4, -0.2) is 41.4 Å². The summed E-state index contributed by atoms with van der Waals surface area (Å²) >= 11 is 0. The Morgan fingerprint density at radius 2 is 1.89 bits per heavy atom. The quantitative estimate of drug-likeness (QED) is 0.684. The molecule has 18 heavy (non-hydrogen) atoms. The van der Waals surface area contributed by atoms with Crippen LogP contribution in [0, 0.1) is 0 Å². The van der Waals surface area contributed by atoms with Gasteiger partial charge in [-0.25, -0.2) is 9.97 Å². The summed E-state index contributed by atoms with van der Waals surface area (Å²) in [6, 6.07) is 0. The Labute approximate surface area is 108 Å². The molecule has 3 N–H and O–H groups in total. The van der Waals surface area contributed by atoms with Gasteiger partial charge in [-0.15, -0.1) is 0 Å². The molecule has 0 aliphatic carbocycles. The van der Waals surface area contributed by atoms with E-state index in [1.807, 2.05) is 13.8 Å². The number of nitrogens with one attached hydrogen (secondary N) is 2. The van der Waals surface area contributed by atoms with Gasteiger partial charge in [0.2, 0.25) is 5.75 Å². The predicted molar refractivity (Wildman–Crippen MR) is 72.2 cm³/mol. The summed E-state index contributed by atoms with van der Waals surface area (Å²) in [6.07, 6.45) is 2.82. The second-order valence-electron chi connectivity index (χ2n) is 4.14. The fraction of sp³-hybridized carbons (Fsp3) is 0.667. The van der Waals surface area contributed by atoms with Crippen molar-refractivity contribution in [3.63, 3.8) is 0 Å². The summed E-state index contributed by atoms with van der Waals surface area (Å²) in [5, 5.41) is 16.3. The van der Waals surface area contributed by atoms with E-state index in [0.29, 0.717) is 36.8 Å². The van der Waals surface area contributed by atoms with E-state index in [4.69, 9.17) is 4.74 Å². The highest BCUT2D eigenvalue weighted by Crippen LogP contribution is 2.29. The first kappa shape index (κ1) is 14.5. The molecule has 0 spiro atoms. The SMILES string of the molecule is CCC(O)(CC)CNc1ncnc(NC)c1OC. The zero-order chi connectivity index (χ0) is 13.6. The lowest BCUT2D eigenvalue weighted by atomic mass is 9.98. The second kappa shape index (κ2) is 6.39. The third-order valence-corrected chi connectivity index (χ3v) is 3.15. The van der Waals surface area contributed by atoms with Crippen LogP contribution in [0.1, 0.15) is 26.7 Å². The van der Waals surface area contributed by atoms with Crippen LogP contribution in [-0.2, 0) is 0 Å². The third-order valence-electron chi connectivity index (χ3n) is 3.15. The number of anilines is 2. The van der Waals surface area contributed by atoms with Crippen LogP contribution < -0.4 is 15.4 Å². The van der Waals surface area contributed by atoms with Crippen LogP contribution in [0.4, 0.5) is 11.6 Å². The number of nitrogens with zero attached hydrogens (tertiary/aromatic N) is 2. The highest BCUT2D eigenvalue weighted by Gasteiger charge is 2.23. The lowest BCUT2D eigenvalue weighted by molar-refractivity contribution is 0.0456. The minimum absolute atomic E-state index is 0.427. The Hall–Kier alpha value is -1.56. The van der Waals surface area contributed by atoms with Gasteiger partial charge in [-0.3, -0.25) is 0 Å². The van der Waals surface area contributed by atoms with Crippen molar-refractivity contribution < 1.29 is 9.84 Å². The molecule has 0 amide bonds. The van der Waals surface area contributed by atoms with Gasteiger partial charge < -0.3 is 20.5 Å². The summed E-state index contributed by atoms with van der Waals surface area (Å²) in [5.41, 5.74) is -0.726. The van der Waals surface area contributed by atoms with E-state index in [9.17, 15) is 5.11 Å². The zero-order valence-corrected chi connectivity index (χ0v) is 11.4. The topological polar surface area (TPSA) is 79.3 Å². The smallest absolute Gasteiger partial charge is 0.204 e.